The van der Waals surface area contributed by atoms with E-state index in [0.717, 1.165) is 0 Å². The quantitative estimate of drug-likeness (QED) is 0.666. The Morgan fingerprint density at radius 1 is 0.818 bits per heavy atom. The molecule has 1 aromatic carbocycles. The van der Waals surface area contributed by atoms with Gasteiger partial charge in [-0.2, -0.15) is 0 Å². The monoisotopic (exact) mass is 317 g/mol. The van der Waals surface area contributed by atoms with E-state index in [-0.39, 0.29) is 0 Å². The fourth-order valence-electron chi connectivity index (χ4n) is 5.07. The standard InChI is InChI=1S/C20H30OP/c1-17(21)22(18-11-5-2-6-12-18,19-13-7-3-8-14-19)20-15-9-4-10-16-20/h2,5-6,11-12,19-20H,3-4,7-10,13-16H2,1H3/q+1. The molecule has 0 aliphatic heterocycles. The minimum atomic E-state index is -1.71. The van der Waals surface area contributed by atoms with Gasteiger partial charge in [0.15, 0.2) is 0 Å². The first-order chi connectivity index (χ1) is 10.8. The van der Waals surface area contributed by atoms with Crippen LogP contribution in [0.15, 0.2) is 30.3 Å². The van der Waals surface area contributed by atoms with Crippen molar-refractivity contribution in [3.05, 3.63) is 30.3 Å². The molecule has 0 heterocycles. The molecule has 0 radical (unpaired) electrons. The molecule has 3 rings (SSSR count). The third-order valence-corrected chi connectivity index (χ3v) is 11.5. The summed E-state index contributed by atoms with van der Waals surface area (Å²) in [5, 5.41) is 1.42. The van der Waals surface area contributed by atoms with Crippen LogP contribution in [0.3, 0.4) is 0 Å². The zero-order chi connectivity index (χ0) is 15.4. The molecule has 0 unspecified atom stereocenters. The fraction of sp³-hybridized carbons (Fsp3) is 0.650. The van der Waals surface area contributed by atoms with Gasteiger partial charge < -0.3 is 0 Å². The molecule has 0 atom stereocenters. The average Bonchev–Trinajstić information content (AvgIpc) is 2.58. The van der Waals surface area contributed by atoms with Crippen molar-refractivity contribution in [2.75, 3.05) is 0 Å². The average molecular weight is 317 g/mol. The van der Waals surface area contributed by atoms with E-state index in [1.54, 1.807) is 0 Å². The SMILES string of the molecule is CC(=O)[P+](c1ccccc1)(C1CCCCC1)C1CCCCC1. The topological polar surface area (TPSA) is 17.1 Å². The van der Waals surface area contributed by atoms with Crippen molar-refractivity contribution in [2.45, 2.75) is 82.4 Å². The molecule has 1 aromatic rings. The molecule has 120 valence electrons. The van der Waals surface area contributed by atoms with Crippen molar-refractivity contribution in [3.63, 3.8) is 0 Å². The summed E-state index contributed by atoms with van der Waals surface area (Å²) in [4.78, 5) is 13.1. The van der Waals surface area contributed by atoms with Crippen LogP contribution in [0, 0.1) is 0 Å². The lowest BCUT2D eigenvalue weighted by atomic mass is 9.99. The number of carbonyl (C=O) groups excluding carboxylic acids is 1. The van der Waals surface area contributed by atoms with E-state index in [1.807, 2.05) is 6.92 Å². The molecule has 1 nitrogen and oxygen atoms in total. The van der Waals surface area contributed by atoms with Crippen molar-refractivity contribution in [3.8, 4) is 0 Å². The Labute approximate surface area is 136 Å². The highest BCUT2D eigenvalue weighted by atomic mass is 31.2. The van der Waals surface area contributed by atoms with Crippen molar-refractivity contribution in [1.29, 1.82) is 0 Å². The van der Waals surface area contributed by atoms with Gasteiger partial charge >= 0.3 is 0 Å². The molecule has 2 aliphatic rings. The lowest BCUT2D eigenvalue weighted by Crippen LogP contribution is -2.38. The van der Waals surface area contributed by atoms with E-state index in [4.69, 9.17) is 0 Å². The Morgan fingerprint density at radius 3 is 1.68 bits per heavy atom. The van der Waals surface area contributed by atoms with Gasteiger partial charge in [-0.3, -0.25) is 4.79 Å². The summed E-state index contributed by atoms with van der Waals surface area (Å²) in [5.41, 5.74) is 1.88. The number of carbonyl (C=O) groups is 1. The molecule has 0 aromatic heterocycles. The Bertz CT molecular complexity index is 466. The molecule has 0 saturated heterocycles. The summed E-state index contributed by atoms with van der Waals surface area (Å²) in [5.74, 6) is 0. The van der Waals surface area contributed by atoms with Gasteiger partial charge in [-0.05, 0) is 63.5 Å². The molecule has 0 spiro atoms. The molecule has 0 N–H and O–H groups in total. The molecular formula is C20H30OP+. The molecule has 22 heavy (non-hydrogen) atoms. The number of hydrogen-bond donors (Lipinski definition) is 0. The van der Waals surface area contributed by atoms with E-state index in [0.29, 0.717) is 16.8 Å². The van der Waals surface area contributed by atoms with Crippen molar-refractivity contribution >= 4 is 18.1 Å². The van der Waals surface area contributed by atoms with E-state index in [2.05, 4.69) is 30.3 Å². The molecule has 2 heteroatoms. The van der Waals surface area contributed by atoms with Gasteiger partial charge in [0.25, 0.3) is 5.52 Å². The zero-order valence-corrected chi connectivity index (χ0v) is 14.9. The van der Waals surface area contributed by atoms with Crippen LogP contribution in [-0.4, -0.2) is 16.8 Å². The van der Waals surface area contributed by atoms with Gasteiger partial charge in [-0.1, -0.05) is 31.0 Å². The lowest BCUT2D eigenvalue weighted by Gasteiger charge is -2.41. The van der Waals surface area contributed by atoms with E-state index >= 15 is 0 Å². The maximum atomic E-state index is 13.1. The number of hydrogen-bond acceptors (Lipinski definition) is 1. The Morgan fingerprint density at radius 2 is 1.27 bits per heavy atom. The second-order valence-electron chi connectivity index (χ2n) is 7.22. The predicted molar refractivity (Wildman–Crippen MR) is 97.4 cm³/mol. The van der Waals surface area contributed by atoms with Crippen LogP contribution in [0.5, 0.6) is 0 Å². The predicted octanol–water partition coefficient (Wildman–Crippen LogP) is 5.54. The van der Waals surface area contributed by atoms with Crippen LogP contribution < -0.4 is 5.30 Å². The number of benzene rings is 1. The minimum Gasteiger partial charge on any atom is -0.253 e. The normalized spacial score (nSPS) is 21.7. The molecule has 0 amide bonds. The van der Waals surface area contributed by atoms with Crippen LogP contribution >= 0.6 is 7.26 Å². The molecule has 2 fully saturated rings. The Balaban J connectivity index is 2.06. The smallest absolute Gasteiger partial charge is 0.253 e. The maximum absolute atomic E-state index is 13.1. The highest BCUT2D eigenvalue weighted by Gasteiger charge is 2.58. The first-order valence-corrected chi connectivity index (χ1v) is 11.1. The zero-order valence-electron chi connectivity index (χ0n) is 14.0. The summed E-state index contributed by atoms with van der Waals surface area (Å²) >= 11 is 0. The van der Waals surface area contributed by atoms with Crippen LogP contribution in [0.4, 0.5) is 0 Å². The Hall–Kier alpha value is -0.680. The first-order valence-electron chi connectivity index (χ1n) is 9.21. The Kier molecular flexibility index (Phi) is 5.34. The summed E-state index contributed by atoms with van der Waals surface area (Å²) < 4.78 is 0. The summed E-state index contributed by atoms with van der Waals surface area (Å²) in [7, 11) is -1.71. The third-order valence-electron chi connectivity index (χ3n) is 6.01. The highest BCUT2D eigenvalue weighted by molar-refractivity contribution is 7.98. The summed E-state index contributed by atoms with van der Waals surface area (Å²) in [6.07, 6.45) is 13.2. The van der Waals surface area contributed by atoms with E-state index in [9.17, 15) is 4.79 Å². The molecule has 2 saturated carbocycles. The van der Waals surface area contributed by atoms with E-state index in [1.165, 1.54) is 69.5 Å². The maximum Gasteiger partial charge on any atom is 0.270 e. The summed E-state index contributed by atoms with van der Waals surface area (Å²) in [6, 6.07) is 11.0. The van der Waals surface area contributed by atoms with Crippen molar-refractivity contribution < 1.29 is 4.79 Å². The van der Waals surface area contributed by atoms with Crippen LogP contribution in [0.1, 0.15) is 71.1 Å². The van der Waals surface area contributed by atoms with Gasteiger partial charge in [0.2, 0.25) is 0 Å². The fourth-order valence-corrected chi connectivity index (χ4v) is 10.9. The van der Waals surface area contributed by atoms with Gasteiger partial charge in [0, 0.05) is 6.92 Å². The largest absolute Gasteiger partial charge is 0.270 e. The summed E-state index contributed by atoms with van der Waals surface area (Å²) in [6.45, 7) is 1.92. The second kappa shape index (κ2) is 7.26. The van der Waals surface area contributed by atoms with E-state index < -0.39 is 7.26 Å². The number of rotatable bonds is 4. The van der Waals surface area contributed by atoms with Crippen LogP contribution in [0.25, 0.3) is 0 Å². The van der Waals surface area contributed by atoms with Crippen LogP contribution in [0.2, 0.25) is 0 Å². The lowest BCUT2D eigenvalue weighted by molar-refractivity contribution is -0.110. The molecular weight excluding hydrogens is 287 g/mol. The van der Waals surface area contributed by atoms with Gasteiger partial charge in [-0.15, -0.1) is 0 Å². The third kappa shape index (κ3) is 2.90. The second-order valence-corrected chi connectivity index (χ2v) is 11.4. The molecule has 2 aliphatic carbocycles. The minimum absolute atomic E-state index is 0.539. The van der Waals surface area contributed by atoms with Gasteiger partial charge in [-0.25, -0.2) is 0 Å². The highest BCUT2D eigenvalue weighted by Crippen LogP contribution is 2.71. The van der Waals surface area contributed by atoms with Crippen molar-refractivity contribution in [1.82, 2.24) is 0 Å². The van der Waals surface area contributed by atoms with Crippen LogP contribution in [-0.2, 0) is 4.79 Å². The van der Waals surface area contributed by atoms with Gasteiger partial charge in [0.05, 0.1) is 11.3 Å². The first kappa shape index (κ1) is 16.2. The van der Waals surface area contributed by atoms with Gasteiger partial charge in [0.1, 0.15) is 12.6 Å². The van der Waals surface area contributed by atoms with Crippen molar-refractivity contribution in [2.24, 2.45) is 0 Å². The molecule has 0 bridgehead atoms.